The van der Waals surface area contributed by atoms with Crippen LogP contribution in [0.1, 0.15) is 13.8 Å². The highest BCUT2D eigenvalue weighted by Crippen LogP contribution is 2.49. The van der Waals surface area contributed by atoms with Crippen LogP contribution in [0.25, 0.3) is 0 Å². The van der Waals surface area contributed by atoms with Gasteiger partial charge < -0.3 is 10.1 Å². The number of benzene rings is 2. The summed E-state index contributed by atoms with van der Waals surface area (Å²) in [4.78, 5) is 0. The van der Waals surface area contributed by atoms with Gasteiger partial charge in [0.15, 0.2) is 5.88 Å². The summed E-state index contributed by atoms with van der Waals surface area (Å²) in [5.74, 6) is 1.48. The Labute approximate surface area is 157 Å². The maximum absolute atomic E-state index is 6.05. The van der Waals surface area contributed by atoms with Gasteiger partial charge in [-0.1, -0.05) is 86.7 Å². The first kappa shape index (κ1) is 17.1. The summed E-state index contributed by atoms with van der Waals surface area (Å²) in [5, 5.41) is 7.67. The molecule has 1 N–H and O–H groups in total. The minimum Gasteiger partial charge on any atom is -0.477 e. The molecular formula is C23H24NOP. The quantitative estimate of drug-likeness (QED) is 0.814. The van der Waals surface area contributed by atoms with Crippen LogP contribution in [0, 0.1) is 5.92 Å². The predicted octanol–water partition coefficient (Wildman–Crippen LogP) is 4.43. The van der Waals surface area contributed by atoms with E-state index in [1.807, 2.05) is 0 Å². The second-order valence-electron chi connectivity index (χ2n) is 6.97. The largest absolute Gasteiger partial charge is 0.477 e. The predicted molar refractivity (Wildman–Crippen MR) is 111 cm³/mol. The lowest BCUT2D eigenvalue weighted by Crippen LogP contribution is -2.28. The Hall–Kier alpha value is -2.31. The minimum absolute atomic E-state index is 0.382. The third-order valence-electron chi connectivity index (χ3n) is 4.84. The van der Waals surface area contributed by atoms with Crippen LogP contribution in [0.5, 0.6) is 0 Å². The van der Waals surface area contributed by atoms with Crippen LogP contribution >= 0.6 is 7.92 Å². The van der Waals surface area contributed by atoms with Crippen LogP contribution in [-0.4, -0.2) is 12.6 Å². The molecule has 1 fully saturated rings. The van der Waals surface area contributed by atoms with Crippen molar-refractivity contribution in [1.29, 1.82) is 0 Å². The average Bonchev–Trinajstić information content (AvgIpc) is 3.33. The number of rotatable bonds is 4. The first-order valence-corrected chi connectivity index (χ1v) is 10.5. The zero-order valence-corrected chi connectivity index (χ0v) is 16.1. The second kappa shape index (κ2) is 7.51. The van der Waals surface area contributed by atoms with Gasteiger partial charge in [0, 0.05) is 5.57 Å². The van der Waals surface area contributed by atoms with Gasteiger partial charge in [0.2, 0.25) is 0 Å². The van der Waals surface area contributed by atoms with Crippen molar-refractivity contribution >= 4 is 18.5 Å². The molecule has 132 valence electrons. The zero-order chi connectivity index (χ0) is 17.9. The second-order valence-corrected chi connectivity index (χ2v) is 9.15. The molecule has 2 aliphatic rings. The molecule has 26 heavy (non-hydrogen) atoms. The van der Waals surface area contributed by atoms with Crippen LogP contribution in [0.2, 0.25) is 0 Å². The Bertz CT molecular complexity index is 813. The van der Waals surface area contributed by atoms with E-state index in [0.29, 0.717) is 12.0 Å². The van der Waals surface area contributed by atoms with Crippen molar-refractivity contribution in [2.24, 2.45) is 5.92 Å². The van der Waals surface area contributed by atoms with Gasteiger partial charge >= 0.3 is 0 Å². The summed E-state index contributed by atoms with van der Waals surface area (Å²) < 4.78 is 6.05. The molecule has 0 spiro atoms. The van der Waals surface area contributed by atoms with Crippen molar-refractivity contribution in [1.82, 2.24) is 5.32 Å². The number of hydrogen-bond donors (Lipinski definition) is 1. The Kier molecular flexibility index (Phi) is 4.95. The van der Waals surface area contributed by atoms with Gasteiger partial charge in [-0.25, -0.2) is 0 Å². The van der Waals surface area contributed by atoms with Crippen LogP contribution in [0.4, 0.5) is 0 Å². The first-order valence-electron chi connectivity index (χ1n) is 9.16. The first-order chi connectivity index (χ1) is 12.7. The van der Waals surface area contributed by atoms with E-state index in [2.05, 4.69) is 98.1 Å². The Morgan fingerprint density at radius 1 is 0.962 bits per heavy atom. The molecule has 0 unspecified atom stereocenters. The summed E-state index contributed by atoms with van der Waals surface area (Å²) in [6.45, 7) is 5.21. The highest BCUT2D eigenvalue weighted by atomic mass is 31.1. The maximum atomic E-state index is 6.05. The Morgan fingerprint density at radius 2 is 1.58 bits per heavy atom. The van der Waals surface area contributed by atoms with Crippen molar-refractivity contribution in [3.05, 3.63) is 95.7 Å². The molecule has 0 saturated carbocycles. The molecular weight excluding hydrogens is 337 g/mol. The summed E-state index contributed by atoms with van der Waals surface area (Å²) in [6.07, 6.45) is 6.58. The molecule has 1 aliphatic carbocycles. The van der Waals surface area contributed by atoms with Crippen molar-refractivity contribution in [3.63, 3.8) is 0 Å². The molecule has 1 atom stereocenters. The van der Waals surface area contributed by atoms with E-state index >= 15 is 0 Å². The van der Waals surface area contributed by atoms with Crippen LogP contribution in [0.15, 0.2) is 95.7 Å². The van der Waals surface area contributed by atoms with Gasteiger partial charge in [-0.15, -0.1) is 0 Å². The third-order valence-corrected chi connectivity index (χ3v) is 7.34. The molecule has 0 aromatic heterocycles. The van der Waals surface area contributed by atoms with E-state index in [9.17, 15) is 0 Å². The standard InChI is InChI=1S/C23H24NOP/c1-17(2)21-16-25-23(24-21)20-14-9-15-22(20)26(18-10-5-3-6-11-18)19-12-7-4-8-13-19/h3-15,17,21,24H,16H2,1-2H3/b23-20-/t21-/m0/s1. The maximum Gasteiger partial charge on any atom is 0.195 e. The molecule has 1 heterocycles. The van der Waals surface area contributed by atoms with Gasteiger partial charge in [0.05, 0.1) is 6.04 Å². The molecule has 2 nitrogen and oxygen atoms in total. The summed E-state index contributed by atoms with van der Waals surface area (Å²) in [6, 6.07) is 22.0. The fraction of sp³-hybridized carbons (Fsp3) is 0.217. The van der Waals surface area contributed by atoms with Crippen LogP contribution < -0.4 is 15.9 Å². The van der Waals surface area contributed by atoms with E-state index in [1.54, 1.807) is 0 Å². The lowest BCUT2D eigenvalue weighted by Gasteiger charge is -2.22. The van der Waals surface area contributed by atoms with Gasteiger partial charge in [-0.2, -0.15) is 0 Å². The zero-order valence-electron chi connectivity index (χ0n) is 15.2. The van der Waals surface area contributed by atoms with Crippen molar-refractivity contribution in [2.75, 3.05) is 6.61 Å². The van der Waals surface area contributed by atoms with Gasteiger partial charge in [-0.05, 0) is 35.8 Å². The Morgan fingerprint density at radius 3 is 2.12 bits per heavy atom. The highest BCUT2D eigenvalue weighted by Gasteiger charge is 2.30. The fourth-order valence-corrected chi connectivity index (χ4v) is 5.77. The van der Waals surface area contributed by atoms with Crippen molar-refractivity contribution in [3.8, 4) is 0 Å². The fourth-order valence-electron chi connectivity index (χ4n) is 3.32. The summed E-state index contributed by atoms with van der Waals surface area (Å²) in [5.41, 5.74) is 1.20. The minimum atomic E-state index is -0.616. The number of ether oxygens (including phenoxy) is 1. The van der Waals surface area contributed by atoms with Crippen LogP contribution in [-0.2, 0) is 4.74 Å². The van der Waals surface area contributed by atoms with E-state index < -0.39 is 7.92 Å². The number of hydrogen-bond acceptors (Lipinski definition) is 2. The molecule has 1 saturated heterocycles. The average molecular weight is 361 g/mol. The molecule has 0 radical (unpaired) electrons. The van der Waals surface area contributed by atoms with E-state index in [-0.39, 0.29) is 0 Å². The monoisotopic (exact) mass is 361 g/mol. The molecule has 0 bridgehead atoms. The normalized spacial score (nSPS) is 21.8. The third kappa shape index (κ3) is 3.34. The van der Waals surface area contributed by atoms with E-state index in [0.717, 1.165) is 12.5 Å². The molecule has 2 aromatic rings. The van der Waals surface area contributed by atoms with Gasteiger partial charge in [0.1, 0.15) is 6.61 Å². The topological polar surface area (TPSA) is 21.3 Å². The van der Waals surface area contributed by atoms with Crippen molar-refractivity contribution in [2.45, 2.75) is 19.9 Å². The number of nitrogens with one attached hydrogen (secondary N) is 1. The van der Waals surface area contributed by atoms with Gasteiger partial charge in [0.25, 0.3) is 0 Å². The molecule has 2 aromatic carbocycles. The summed E-state index contributed by atoms with van der Waals surface area (Å²) in [7, 11) is -0.616. The molecule has 1 aliphatic heterocycles. The smallest absolute Gasteiger partial charge is 0.195 e. The SMILES string of the molecule is CC(C)[C@@H]1CO/C(=C2/C=CC=C2P(c2ccccc2)c2ccccc2)N1. The molecule has 4 rings (SSSR count). The number of allylic oxidation sites excluding steroid dienone is 5. The lowest BCUT2D eigenvalue weighted by molar-refractivity contribution is 0.242. The Balaban J connectivity index is 1.75. The van der Waals surface area contributed by atoms with Crippen LogP contribution in [0.3, 0.4) is 0 Å². The highest BCUT2D eigenvalue weighted by molar-refractivity contribution is 7.77. The van der Waals surface area contributed by atoms with E-state index in [4.69, 9.17) is 4.74 Å². The lowest BCUT2D eigenvalue weighted by atomic mass is 10.1. The molecule has 0 amide bonds. The van der Waals surface area contributed by atoms with Crippen molar-refractivity contribution < 1.29 is 4.74 Å². The molecule has 3 heteroatoms. The summed E-state index contributed by atoms with van der Waals surface area (Å²) >= 11 is 0. The van der Waals surface area contributed by atoms with Gasteiger partial charge in [-0.3, -0.25) is 0 Å². The van der Waals surface area contributed by atoms with E-state index in [1.165, 1.54) is 21.5 Å².